The number of carboxylic acid groups (broad SMARTS) is 1. The molecule has 0 spiro atoms. The van der Waals surface area contributed by atoms with Gasteiger partial charge in [-0.1, -0.05) is 19.8 Å². The summed E-state index contributed by atoms with van der Waals surface area (Å²) in [6.07, 6.45) is 4.63. The highest BCUT2D eigenvalue weighted by Gasteiger charge is 2.45. The highest BCUT2D eigenvalue weighted by molar-refractivity contribution is 5.86. The first-order valence-electron chi connectivity index (χ1n) is 7.31. The zero-order valence-electron chi connectivity index (χ0n) is 12.2. The van der Waals surface area contributed by atoms with Crippen LogP contribution in [0.3, 0.4) is 0 Å². The van der Waals surface area contributed by atoms with Gasteiger partial charge in [0, 0.05) is 26.1 Å². The van der Waals surface area contributed by atoms with Gasteiger partial charge in [0.2, 0.25) is 0 Å². The standard InChI is InChI=1S/C14H24N2O4/c1-10-4-3-5-11(8-10)16(2)13(19)15-14(12(17)18)6-7-20-9-14/h10-11H,3-9H2,1-2H3,(H,15,19)(H,17,18). The highest BCUT2D eigenvalue weighted by Crippen LogP contribution is 2.27. The maximum atomic E-state index is 12.3. The number of carboxylic acids is 1. The number of amides is 2. The van der Waals surface area contributed by atoms with Crippen LogP contribution < -0.4 is 5.32 Å². The number of aliphatic carboxylic acids is 1. The van der Waals surface area contributed by atoms with Crippen molar-refractivity contribution in [3.63, 3.8) is 0 Å². The molecule has 0 aromatic heterocycles. The van der Waals surface area contributed by atoms with Crippen LogP contribution in [-0.2, 0) is 9.53 Å². The van der Waals surface area contributed by atoms with Gasteiger partial charge in [0.15, 0.2) is 5.54 Å². The molecule has 3 atom stereocenters. The van der Waals surface area contributed by atoms with Gasteiger partial charge in [0.25, 0.3) is 0 Å². The third-order valence-electron chi connectivity index (χ3n) is 4.55. The quantitative estimate of drug-likeness (QED) is 0.822. The van der Waals surface area contributed by atoms with Crippen LogP contribution in [-0.4, -0.2) is 53.8 Å². The van der Waals surface area contributed by atoms with Gasteiger partial charge in [-0.3, -0.25) is 0 Å². The van der Waals surface area contributed by atoms with Gasteiger partial charge in [-0.2, -0.15) is 0 Å². The third-order valence-corrected chi connectivity index (χ3v) is 4.55. The molecule has 3 unspecified atom stereocenters. The first-order valence-corrected chi connectivity index (χ1v) is 7.31. The summed E-state index contributed by atoms with van der Waals surface area (Å²) >= 11 is 0. The Labute approximate surface area is 119 Å². The normalized spacial score (nSPS) is 33.7. The molecule has 20 heavy (non-hydrogen) atoms. The van der Waals surface area contributed by atoms with Gasteiger partial charge in [-0.25, -0.2) is 9.59 Å². The number of urea groups is 1. The van der Waals surface area contributed by atoms with Crippen molar-refractivity contribution in [1.82, 2.24) is 10.2 Å². The van der Waals surface area contributed by atoms with Crippen molar-refractivity contribution >= 4 is 12.0 Å². The van der Waals surface area contributed by atoms with Crippen LogP contribution in [0.2, 0.25) is 0 Å². The van der Waals surface area contributed by atoms with Gasteiger partial charge < -0.3 is 20.1 Å². The topological polar surface area (TPSA) is 78.9 Å². The first-order chi connectivity index (χ1) is 9.44. The fraction of sp³-hybridized carbons (Fsp3) is 0.857. The summed E-state index contributed by atoms with van der Waals surface area (Å²) in [6.45, 7) is 2.61. The minimum absolute atomic E-state index is 0.0446. The molecule has 1 heterocycles. The van der Waals surface area contributed by atoms with Gasteiger partial charge in [0.1, 0.15) is 0 Å². The van der Waals surface area contributed by atoms with E-state index in [2.05, 4.69) is 12.2 Å². The Morgan fingerprint density at radius 2 is 2.15 bits per heavy atom. The second kappa shape index (κ2) is 5.99. The number of carbonyl (C=O) groups excluding carboxylic acids is 1. The zero-order chi connectivity index (χ0) is 14.8. The zero-order valence-corrected chi connectivity index (χ0v) is 12.2. The molecule has 2 aliphatic rings. The van der Waals surface area contributed by atoms with E-state index in [4.69, 9.17) is 4.74 Å². The molecule has 2 N–H and O–H groups in total. The molecule has 0 bridgehead atoms. The van der Waals surface area contributed by atoms with Crippen LogP contribution >= 0.6 is 0 Å². The molecule has 0 radical (unpaired) electrons. The van der Waals surface area contributed by atoms with Crippen LogP contribution in [0.4, 0.5) is 4.79 Å². The smallest absolute Gasteiger partial charge is 0.332 e. The Morgan fingerprint density at radius 3 is 2.70 bits per heavy atom. The molecule has 114 valence electrons. The molecule has 1 aliphatic heterocycles. The minimum atomic E-state index is -1.26. The number of hydrogen-bond donors (Lipinski definition) is 2. The van der Waals surface area contributed by atoms with Crippen molar-refractivity contribution in [3.05, 3.63) is 0 Å². The van der Waals surface area contributed by atoms with E-state index in [1.807, 2.05) is 0 Å². The van der Waals surface area contributed by atoms with E-state index in [0.29, 0.717) is 18.9 Å². The second-order valence-corrected chi connectivity index (χ2v) is 6.16. The number of rotatable bonds is 3. The van der Waals surface area contributed by atoms with Crippen LogP contribution in [0.15, 0.2) is 0 Å². The van der Waals surface area contributed by atoms with Gasteiger partial charge in [-0.15, -0.1) is 0 Å². The maximum Gasteiger partial charge on any atom is 0.332 e. The largest absolute Gasteiger partial charge is 0.479 e. The number of carbonyl (C=O) groups is 2. The summed E-state index contributed by atoms with van der Waals surface area (Å²) in [5.74, 6) is -0.402. The Hall–Kier alpha value is -1.30. The maximum absolute atomic E-state index is 12.3. The lowest BCUT2D eigenvalue weighted by molar-refractivity contribution is -0.144. The first kappa shape index (κ1) is 15.1. The summed E-state index contributed by atoms with van der Waals surface area (Å²) in [6, 6.07) is -0.107. The second-order valence-electron chi connectivity index (χ2n) is 6.16. The van der Waals surface area contributed by atoms with Crippen LogP contribution in [0.1, 0.15) is 39.0 Å². The van der Waals surface area contributed by atoms with Crippen molar-refractivity contribution in [2.75, 3.05) is 20.3 Å². The molecular weight excluding hydrogens is 260 g/mol. The van der Waals surface area contributed by atoms with Gasteiger partial charge >= 0.3 is 12.0 Å². The molecule has 2 fully saturated rings. The van der Waals surface area contributed by atoms with Crippen molar-refractivity contribution in [2.24, 2.45) is 5.92 Å². The average Bonchev–Trinajstić information content (AvgIpc) is 2.87. The van der Waals surface area contributed by atoms with E-state index in [1.54, 1.807) is 11.9 Å². The highest BCUT2D eigenvalue weighted by atomic mass is 16.5. The van der Waals surface area contributed by atoms with Crippen molar-refractivity contribution in [1.29, 1.82) is 0 Å². The van der Waals surface area contributed by atoms with E-state index < -0.39 is 11.5 Å². The lowest BCUT2D eigenvalue weighted by Gasteiger charge is -2.36. The summed E-state index contributed by atoms with van der Waals surface area (Å²) in [5, 5.41) is 12.0. The molecule has 1 saturated heterocycles. The fourth-order valence-electron chi connectivity index (χ4n) is 3.10. The van der Waals surface area contributed by atoms with Gasteiger partial charge in [0.05, 0.1) is 6.61 Å². The molecular formula is C14H24N2O4. The Bertz CT molecular complexity index is 379. The van der Waals surface area contributed by atoms with E-state index >= 15 is 0 Å². The lowest BCUT2D eigenvalue weighted by Crippen LogP contribution is -2.59. The van der Waals surface area contributed by atoms with Crippen LogP contribution in [0.5, 0.6) is 0 Å². The number of nitrogens with zero attached hydrogens (tertiary/aromatic N) is 1. The molecule has 2 amide bonds. The molecule has 0 aromatic carbocycles. The van der Waals surface area contributed by atoms with E-state index in [0.717, 1.165) is 19.3 Å². The Balaban J connectivity index is 1.98. The van der Waals surface area contributed by atoms with Crippen molar-refractivity contribution in [3.8, 4) is 0 Å². The Kier molecular flexibility index (Phi) is 4.52. The van der Waals surface area contributed by atoms with Crippen molar-refractivity contribution in [2.45, 2.75) is 50.6 Å². The number of nitrogens with one attached hydrogen (secondary N) is 1. The van der Waals surface area contributed by atoms with Gasteiger partial charge in [-0.05, 0) is 18.8 Å². The third kappa shape index (κ3) is 3.06. The number of ether oxygens (including phenoxy) is 1. The lowest BCUT2D eigenvalue weighted by atomic mass is 9.86. The summed E-state index contributed by atoms with van der Waals surface area (Å²) in [4.78, 5) is 25.4. The molecule has 6 heteroatoms. The molecule has 1 aliphatic carbocycles. The molecule has 1 saturated carbocycles. The predicted octanol–water partition coefficient (Wildman–Crippen LogP) is 1.45. The van der Waals surface area contributed by atoms with E-state index in [9.17, 15) is 14.7 Å². The van der Waals surface area contributed by atoms with E-state index in [-0.39, 0.29) is 18.7 Å². The number of hydrogen-bond acceptors (Lipinski definition) is 3. The molecule has 2 rings (SSSR count). The molecule has 6 nitrogen and oxygen atoms in total. The summed E-state index contributed by atoms with van der Waals surface area (Å²) in [5.41, 5.74) is -1.26. The predicted molar refractivity (Wildman–Crippen MR) is 73.5 cm³/mol. The fourth-order valence-corrected chi connectivity index (χ4v) is 3.10. The monoisotopic (exact) mass is 284 g/mol. The van der Waals surface area contributed by atoms with Crippen LogP contribution in [0, 0.1) is 5.92 Å². The summed E-state index contributed by atoms with van der Waals surface area (Å²) in [7, 11) is 1.75. The van der Waals surface area contributed by atoms with Crippen LogP contribution in [0.25, 0.3) is 0 Å². The minimum Gasteiger partial charge on any atom is -0.479 e. The van der Waals surface area contributed by atoms with E-state index in [1.165, 1.54) is 6.42 Å². The Morgan fingerprint density at radius 1 is 1.40 bits per heavy atom. The van der Waals surface area contributed by atoms with Crippen molar-refractivity contribution < 1.29 is 19.4 Å². The SMILES string of the molecule is CC1CCCC(N(C)C(=O)NC2(C(=O)O)CCOC2)C1. The molecule has 0 aromatic rings. The average molecular weight is 284 g/mol. The summed E-state index contributed by atoms with van der Waals surface area (Å²) < 4.78 is 5.15.